The van der Waals surface area contributed by atoms with Crippen molar-refractivity contribution in [1.29, 1.82) is 0 Å². The average Bonchev–Trinajstić information content (AvgIpc) is 2.29. The summed E-state index contributed by atoms with van der Waals surface area (Å²) in [6.07, 6.45) is 0.901. The van der Waals surface area contributed by atoms with Crippen LogP contribution in [0.3, 0.4) is 0 Å². The Labute approximate surface area is 103 Å². The van der Waals surface area contributed by atoms with Crippen LogP contribution in [0.15, 0.2) is 18.2 Å². The second-order valence-electron chi connectivity index (χ2n) is 3.54. The quantitative estimate of drug-likeness (QED) is 0.492. The monoisotopic (exact) mass is 257 g/mol. The van der Waals surface area contributed by atoms with Crippen LogP contribution in [0, 0.1) is 6.07 Å². The minimum atomic E-state index is -2.67. The number of nitrogens with two attached hydrogens (primary N) is 1. The fraction of sp³-hybridized carbons (Fsp3) is 0.455. The maximum atomic E-state index is 10.6. The zero-order valence-electron chi connectivity index (χ0n) is 9.68. The highest BCUT2D eigenvalue weighted by atomic mass is 32.2. The zero-order chi connectivity index (χ0) is 12.7. The highest BCUT2D eigenvalue weighted by Crippen LogP contribution is 2.15. The Morgan fingerprint density at radius 1 is 1.59 bits per heavy atom. The number of nitrogens with one attached hydrogen (secondary N) is 1. The molecule has 95 valence electrons. The molecule has 0 fully saturated rings. The largest absolute Gasteiger partial charge is 0.474 e. The van der Waals surface area contributed by atoms with Crippen molar-refractivity contribution in [2.24, 2.45) is 5.73 Å². The van der Waals surface area contributed by atoms with Crippen molar-refractivity contribution < 1.29 is 13.2 Å². The third-order valence-electron chi connectivity index (χ3n) is 2.13. The van der Waals surface area contributed by atoms with Crippen molar-refractivity contribution in [3.8, 4) is 5.75 Å². The number of hydrogen-bond donors (Lipinski definition) is 3. The van der Waals surface area contributed by atoms with Gasteiger partial charge in [-0.2, -0.15) is 4.72 Å². The molecule has 0 heterocycles. The van der Waals surface area contributed by atoms with Gasteiger partial charge in [-0.1, -0.05) is 19.4 Å². The summed E-state index contributed by atoms with van der Waals surface area (Å²) in [5, 5.41) is 0. The highest BCUT2D eigenvalue weighted by molar-refractivity contribution is 7.70. The maximum absolute atomic E-state index is 10.6. The molecule has 17 heavy (non-hydrogen) atoms. The normalized spacial score (nSPS) is 12.6. The summed E-state index contributed by atoms with van der Waals surface area (Å²) in [6, 6.07) is 8.14. The number of benzene rings is 1. The molecule has 1 aromatic rings. The van der Waals surface area contributed by atoms with Gasteiger partial charge in [0.15, 0.2) is 6.23 Å². The van der Waals surface area contributed by atoms with Gasteiger partial charge in [0.2, 0.25) is 10.9 Å². The maximum Gasteiger partial charge on any atom is 0.204 e. The van der Waals surface area contributed by atoms with E-state index in [4.69, 9.17) is 10.5 Å². The summed E-state index contributed by atoms with van der Waals surface area (Å²) in [7, 11) is -2.67. The molecule has 6 heteroatoms. The minimum absolute atomic E-state index is 0.374. The first-order valence-corrected chi connectivity index (χ1v) is 6.61. The summed E-state index contributed by atoms with van der Waals surface area (Å²) in [5.74, 6) is 0.590. The second kappa shape index (κ2) is 7.26. The third kappa shape index (κ3) is 5.16. The van der Waals surface area contributed by atoms with Gasteiger partial charge >= 0.3 is 0 Å². The minimum Gasteiger partial charge on any atom is -0.474 e. The van der Waals surface area contributed by atoms with Crippen molar-refractivity contribution in [3.63, 3.8) is 0 Å². The van der Waals surface area contributed by atoms with E-state index in [0.29, 0.717) is 18.7 Å². The summed E-state index contributed by atoms with van der Waals surface area (Å²) in [4.78, 5) is 0. The molecule has 0 aliphatic carbocycles. The van der Waals surface area contributed by atoms with E-state index in [1.807, 2.05) is 6.92 Å². The van der Waals surface area contributed by atoms with Crippen LogP contribution in [-0.4, -0.2) is 14.6 Å². The molecule has 1 rings (SSSR count). The molecule has 3 N–H and O–H groups in total. The van der Waals surface area contributed by atoms with Gasteiger partial charge < -0.3 is 10.5 Å². The molecule has 0 bridgehead atoms. The van der Waals surface area contributed by atoms with Crippen LogP contribution in [0.2, 0.25) is 0 Å². The Morgan fingerprint density at radius 2 is 2.35 bits per heavy atom. The van der Waals surface area contributed by atoms with Gasteiger partial charge in [-0.25, -0.2) is 8.42 Å². The van der Waals surface area contributed by atoms with Gasteiger partial charge in [-0.05, 0) is 30.2 Å². The van der Waals surface area contributed by atoms with E-state index in [1.54, 1.807) is 18.2 Å². The van der Waals surface area contributed by atoms with E-state index < -0.39 is 17.1 Å². The molecule has 0 amide bonds. The lowest BCUT2D eigenvalue weighted by Crippen LogP contribution is -2.33. The molecule has 0 aliphatic rings. The number of thiol groups is 1. The van der Waals surface area contributed by atoms with E-state index in [0.717, 1.165) is 12.0 Å². The molecular formula is C11H17N2O3S. The highest BCUT2D eigenvalue weighted by Gasteiger charge is 2.09. The predicted octanol–water partition coefficient (Wildman–Crippen LogP) is 0.566. The number of hydrogen-bond acceptors (Lipinski definition) is 4. The van der Waals surface area contributed by atoms with E-state index in [2.05, 4.69) is 10.8 Å². The molecular weight excluding hydrogens is 240 g/mol. The molecule has 5 nitrogen and oxygen atoms in total. The van der Waals surface area contributed by atoms with Crippen molar-refractivity contribution >= 4 is 10.9 Å². The van der Waals surface area contributed by atoms with E-state index in [9.17, 15) is 8.42 Å². The topological polar surface area (TPSA) is 81.4 Å². The smallest absolute Gasteiger partial charge is 0.204 e. The SMILES string of the molecule is CCCC(N[SH](=O)=O)Oc1cc[c]c(CN)c1. The summed E-state index contributed by atoms with van der Waals surface area (Å²) in [5.41, 5.74) is 6.31. The van der Waals surface area contributed by atoms with Gasteiger partial charge in [-0.3, -0.25) is 0 Å². The predicted molar refractivity (Wildman–Crippen MR) is 65.9 cm³/mol. The van der Waals surface area contributed by atoms with Crippen LogP contribution < -0.4 is 15.2 Å². The van der Waals surface area contributed by atoms with Crippen LogP contribution in [0.5, 0.6) is 5.75 Å². The Kier molecular flexibility index (Phi) is 5.96. The molecule has 0 saturated carbocycles. The number of rotatable bonds is 7. The molecule has 1 unspecified atom stereocenters. The summed E-state index contributed by atoms with van der Waals surface area (Å²) < 4.78 is 29.1. The van der Waals surface area contributed by atoms with E-state index in [-0.39, 0.29) is 0 Å². The molecule has 1 radical (unpaired) electrons. The molecule has 0 spiro atoms. The van der Waals surface area contributed by atoms with Crippen molar-refractivity contribution in [2.45, 2.75) is 32.5 Å². The van der Waals surface area contributed by atoms with E-state index in [1.165, 1.54) is 0 Å². The van der Waals surface area contributed by atoms with Crippen LogP contribution in [0.1, 0.15) is 25.3 Å². The van der Waals surface area contributed by atoms with Crippen LogP contribution in [0.4, 0.5) is 0 Å². The van der Waals surface area contributed by atoms with Gasteiger partial charge in [0.1, 0.15) is 5.75 Å². The van der Waals surface area contributed by atoms with Crippen molar-refractivity contribution in [1.82, 2.24) is 4.72 Å². The average molecular weight is 257 g/mol. The Hall–Kier alpha value is -1.11. The zero-order valence-corrected chi connectivity index (χ0v) is 10.6. The fourth-order valence-corrected chi connectivity index (χ4v) is 1.79. The Balaban J connectivity index is 2.70. The van der Waals surface area contributed by atoms with Gasteiger partial charge in [0.05, 0.1) is 0 Å². The third-order valence-corrected chi connectivity index (χ3v) is 2.63. The van der Waals surface area contributed by atoms with Gasteiger partial charge in [0.25, 0.3) is 0 Å². The van der Waals surface area contributed by atoms with E-state index >= 15 is 0 Å². The number of ether oxygens (including phenoxy) is 1. The fourth-order valence-electron chi connectivity index (χ4n) is 1.38. The second-order valence-corrected chi connectivity index (χ2v) is 4.31. The lowest BCUT2D eigenvalue weighted by Gasteiger charge is -2.17. The molecule has 0 aliphatic heterocycles. The first-order valence-electron chi connectivity index (χ1n) is 5.43. The Bertz CT molecular complexity index is 413. The Morgan fingerprint density at radius 3 is 2.94 bits per heavy atom. The van der Waals surface area contributed by atoms with Crippen LogP contribution in [-0.2, 0) is 17.4 Å². The first kappa shape index (κ1) is 14.0. The first-order chi connectivity index (χ1) is 8.15. The van der Waals surface area contributed by atoms with Crippen LogP contribution >= 0.6 is 0 Å². The summed E-state index contributed by atoms with van der Waals surface area (Å²) in [6.45, 7) is 2.33. The molecule has 0 saturated heterocycles. The molecule has 1 atom stereocenters. The lowest BCUT2D eigenvalue weighted by atomic mass is 10.2. The van der Waals surface area contributed by atoms with Gasteiger partial charge in [-0.15, -0.1) is 0 Å². The lowest BCUT2D eigenvalue weighted by molar-refractivity contribution is 0.180. The van der Waals surface area contributed by atoms with Crippen molar-refractivity contribution in [2.75, 3.05) is 0 Å². The standard InChI is InChI=1S/C11H17N2O3S/c1-2-4-11(13-17(14)15)16-10-6-3-5-9(7-10)8-12/h3,6-7,11,17H,2,4,8,12H2,1H3,(H,13,14,15). The summed E-state index contributed by atoms with van der Waals surface area (Å²) >= 11 is 0. The van der Waals surface area contributed by atoms with Crippen LogP contribution in [0.25, 0.3) is 0 Å². The van der Waals surface area contributed by atoms with Gasteiger partial charge in [0, 0.05) is 6.54 Å². The molecule has 1 aromatic carbocycles. The molecule has 0 aromatic heterocycles. The van der Waals surface area contributed by atoms with Crippen molar-refractivity contribution in [3.05, 3.63) is 29.8 Å².